The highest BCUT2D eigenvalue weighted by atomic mass is 32.2. The van der Waals surface area contributed by atoms with E-state index in [0.717, 1.165) is 44.1 Å². The van der Waals surface area contributed by atoms with Crippen LogP contribution in [0.1, 0.15) is 56.1 Å². The molecule has 5 atom stereocenters. The van der Waals surface area contributed by atoms with Crippen molar-refractivity contribution in [2.24, 2.45) is 22.4 Å². The van der Waals surface area contributed by atoms with E-state index >= 15 is 0 Å². The molecule has 2 fully saturated rings. The lowest BCUT2D eigenvalue weighted by Gasteiger charge is -2.50. The zero-order chi connectivity index (χ0) is 22.8. The van der Waals surface area contributed by atoms with E-state index in [4.69, 9.17) is 13.5 Å². The van der Waals surface area contributed by atoms with Gasteiger partial charge in [-0.1, -0.05) is 13.0 Å². The number of quaternary nitrogens is 1. The van der Waals surface area contributed by atoms with Gasteiger partial charge in [-0.15, -0.1) is 8.42 Å². The van der Waals surface area contributed by atoms with Crippen molar-refractivity contribution in [3.8, 4) is 5.75 Å². The molecular weight excluding hydrogens is 440 g/mol. The fraction of sp³-hybridized carbons (Fsp3) is 0.714. The zero-order valence-electron chi connectivity index (χ0n) is 18.6. The van der Waals surface area contributed by atoms with Crippen LogP contribution in [0.25, 0.3) is 0 Å². The molecule has 0 radical (unpaired) electrons. The molecule has 2 saturated carbocycles. The topological polar surface area (TPSA) is 113 Å². The lowest BCUT2D eigenvalue weighted by atomic mass is 9.55. The smallest absolute Gasteiger partial charge is 0.371 e. The number of rotatable bonds is 5. The van der Waals surface area contributed by atoms with Crippen molar-refractivity contribution < 1.29 is 29.1 Å². The molecule has 0 bridgehead atoms. The van der Waals surface area contributed by atoms with E-state index in [1.807, 2.05) is 6.07 Å². The maximum absolute atomic E-state index is 12.7. The highest BCUT2D eigenvalue weighted by Gasteiger charge is 2.57. The average molecular weight is 474 g/mol. The van der Waals surface area contributed by atoms with Crippen LogP contribution >= 0.6 is 0 Å². The molecular formula is C21H33N2O6S2+. The summed E-state index contributed by atoms with van der Waals surface area (Å²) < 4.78 is 58.3. The molecule has 2 N–H and O–H groups in total. The lowest BCUT2D eigenvalue weighted by Crippen LogP contribution is -2.49. The quantitative estimate of drug-likeness (QED) is 0.658. The summed E-state index contributed by atoms with van der Waals surface area (Å²) in [5.41, 5.74) is 2.21. The summed E-state index contributed by atoms with van der Waals surface area (Å²) in [6.07, 6.45) is 5.15. The molecule has 31 heavy (non-hydrogen) atoms. The van der Waals surface area contributed by atoms with Crippen LogP contribution in [0.4, 0.5) is 0 Å². The van der Waals surface area contributed by atoms with Gasteiger partial charge in [0.2, 0.25) is 0 Å². The number of hydrogen-bond donors (Lipinski definition) is 1. The van der Waals surface area contributed by atoms with E-state index in [9.17, 15) is 16.8 Å². The van der Waals surface area contributed by atoms with Crippen molar-refractivity contribution in [3.63, 3.8) is 0 Å². The second kappa shape index (κ2) is 7.41. The first kappa shape index (κ1) is 23.0. The van der Waals surface area contributed by atoms with Crippen LogP contribution < -0.4 is 9.32 Å². The number of aryl methyl sites for hydroxylation is 1. The van der Waals surface area contributed by atoms with Gasteiger partial charge in [-0.2, -0.15) is 13.6 Å². The Labute approximate surface area is 185 Å². The first-order chi connectivity index (χ1) is 14.2. The molecule has 0 saturated heterocycles. The van der Waals surface area contributed by atoms with Crippen LogP contribution in [0.15, 0.2) is 18.2 Å². The van der Waals surface area contributed by atoms with Crippen LogP contribution in [-0.2, 0) is 31.2 Å². The van der Waals surface area contributed by atoms with Gasteiger partial charge in [0.05, 0.1) is 27.2 Å². The maximum atomic E-state index is 12.7. The van der Waals surface area contributed by atoms with Gasteiger partial charge in [-0.05, 0) is 85.0 Å². The maximum Gasteiger partial charge on any atom is 0.435 e. The standard InChI is InChI=1S/C21H33N2O6S2/c1-21-12-11-17-16-8-6-15(28-30(22,24)25)13-14(16)5-7-18(17)19(21)9-10-20(21)29-31(26,27)23(2,3)4/h6,8,13,17-20H,5,7,9-12H2,1-4H3,(H2,22,24,25)/q+1/t17?,18?,19?,20-,21-/m0/s1. The van der Waals surface area contributed by atoms with Gasteiger partial charge in [0.25, 0.3) is 0 Å². The Bertz CT molecular complexity index is 1080. The van der Waals surface area contributed by atoms with Crippen molar-refractivity contribution in [3.05, 3.63) is 29.3 Å². The minimum absolute atomic E-state index is 0.155. The first-order valence-electron chi connectivity index (χ1n) is 10.8. The SMILES string of the molecule is C[C@]12CCC3c4ccc(OS(N)(=O)=O)cc4CCC3C1CC[C@@H]2OS(=O)(=O)[N+](C)(C)C. The second-order valence-corrected chi connectivity index (χ2v) is 13.7. The Morgan fingerprint density at radius 2 is 1.77 bits per heavy atom. The normalized spacial score (nSPS) is 33.3. The van der Waals surface area contributed by atoms with Crippen molar-refractivity contribution in [1.82, 2.24) is 0 Å². The number of nitrogens with two attached hydrogens (primary N) is 1. The molecule has 0 heterocycles. The van der Waals surface area contributed by atoms with Gasteiger partial charge in [-0.3, -0.25) is 0 Å². The van der Waals surface area contributed by atoms with Crippen LogP contribution in [-0.4, -0.2) is 48.0 Å². The van der Waals surface area contributed by atoms with E-state index in [0.29, 0.717) is 17.8 Å². The molecule has 0 aliphatic heterocycles. The van der Waals surface area contributed by atoms with E-state index in [-0.39, 0.29) is 21.2 Å². The number of benzene rings is 1. The number of nitrogens with zero attached hydrogens (tertiary/aromatic N) is 1. The third kappa shape index (κ3) is 4.13. The third-order valence-corrected chi connectivity index (χ3v) is 9.97. The van der Waals surface area contributed by atoms with Crippen molar-refractivity contribution in [1.29, 1.82) is 0 Å². The van der Waals surface area contributed by atoms with Crippen LogP contribution in [0.5, 0.6) is 5.75 Å². The molecule has 0 amide bonds. The summed E-state index contributed by atoms with van der Waals surface area (Å²) in [7, 11) is -2.89. The van der Waals surface area contributed by atoms with Gasteiger partial charge in [0.15, 0.2) is 0 Å². The lowest BCUT2D eigenvalue weighted by molar-refractivity contribution is -0.744. The molecule has 0 aromatic heterocycles. The Balaban J connectivity index is 1.57. The van der Waals surface area contributed by atoms with E-state index in [1.54, 1.807) is 33.3 Å². The Morgan fingerprint density at radius 3 is 2.42 bits per heavy atom. The monoisotopic (exact) mass is 473 g/mol. The molecule has 3 unspecified atom stereocenters. The second-order valence-electron chi connectivity index (χ2n) is 10.4. The van der Waals surface area contributed by atoms with Crippen LogP contribution in [0.3, 0.4) is 0 Å². The Kier molecular flexibility index (Phi) is 5.49. The summed E-state index contributed by atoms with van der Waals surface area (Å²) >= 11 is 0. The van der Waals surface area contributed by atoms with Gasteiger partial charge in [-0.25, -0.2) is 8.07 Å². The van der Waals surface area contributed by atoms with Crippen molar-refractivity contribution in [2.75, 3.05) is 21.1 Å². The largest absolute Gasteiger partial charge is 0.435 e. The number of hydrogen-bond acceptors (Lipinski definition) is 6. The summed E-state index contributed by atoms with van der Waals surface area (Å²) in [5, 5.41) is 5.00. The third-order valence-electron chi connectivity index (χ3n) is 7.73. The zero-order valence-corrected chi connectivity index (χ0v) is 20.2. The average Bonchev–Trinajstić information content (AvgIpc) is 2.95. The number of fused-ring (bicyclic) bond motifs is 5. The van der Waals surface area contributed by atoms with Crippen LogP contribution in [0.2, 0.25) is 0 Å². The Hall–Kier alpha value is -1.20. The molecule has 4 rings (SSSR count). The molecule has 10 heteroatoms. The predicted molar refractivity (Wildman–Crippen MR) is 117 cm³/mol. The van der Waals surface area contributed by atoms with E-state index in [1.165, 1.54) is 5.56 Å². The fourth-order valence-electron chi connectivity index (χ4n) is 6.13. The van der Waals surface area contributed by atoms with Gasteiger partial charge < -0.3 is 4.18 Å². The molecule has 1 aromatic carbocycles. The minimum Gasteiger partial charge on any atom is -0.371 e. The molecule has 3 aliphatic rings. The molecule has 8 nitrogen and oxygen atoms in total. The first-order valence-corrected chi connectivity index (χ1v) is 13.6. The molecule has 174 valence electrons. The fourth-order valence-corrected chi connectivity index (χ4v) is 7.37. The van der Waals surface area contributed by atoms with Crippen molar-refractivity contribution >= 4 is 20.6 Å². The van der Waals surface area contributed by atoms with Crippen molar-refractivity contribution in [2.45, 2.75) is 57.5 Å². The Morgan fingerprint density at radius 1 is 1.06 bits per heavy atom. The summed E-state index contributed by atoms with van der Waals surface area (Å²) in [6.45, 7) is 2.20. The van der Waals surface area contributed by atoms with E-state index < -0.39 is 20.6 Å². The molecule has 3 aliphatic carbocycles. The van der Waals surface area contributed by atoms with Crippen LogP contribution in [0, 0.1) is 17.3 Å². The highest BCUT2D eigenvalue weighted by molar-refractivity contribution is 7.84. The van der Waals surface area contributed by atoms with Gasteiger partial charge in [0.1, 0.15) is 5.75 Å². The molecule has 0 spiro atoms. The minimum atomic E-state index is -4.04. The van der Waals surface area contributed by atoms with Gasteiger partial charge >= 0.3 is 20.6 Å². The summed E-state index contributed by atoms with van der Waals surface area (Å²) in [5.74, 6) is 1.52. The molecule has 1 aromatic rings. The summed E-state index contributed by atoms with van der Waals surface area (Å²) in [4.78, 5) is 0. The predicted octanol–water partition coefficient (Wildman–Crippen LogP) is 2.46. The highest BCUT2D eigenvalue weighted by Crippen LogP contribution is 2.61. The van der Waals surface area contributed by atoms with Gasteiger partial charge in [0, 0.05) is 0 Å². The summed E-state index contributed by atoms with van der Waals surface area (Å²) in [6, 6.07) is 5.44. The van der Waals surface area contributed by atoms with E-state index in [2.05, 4.69) is 6.92 Å².